The molecule has 0 aliphatic rings. The predicted molar refractivity (Wildman–Crippen MR) is 134 cm³/mol. The summed E-state index contributed by atoms with van der Waals surface area (Å²) in [5.74, 6) is 0. The molecule has 4 aromatic carbocycles. The van der Waals surface area contributed by atoms with Crippen LogP contribution < -0.4 is 0 Å². The summed E-state index contributed by atoms with van der Waals surface area (Å²) in [4.78, 5) is 16.8. The third-order valence-electron chi connectivity index (χ3n) is 6.96. The largest absolute Gasteiger partial charge is 0.353 e. The summed E-state index contributed by atoms with van der Waals surface area (Å²) < 4.78 is 0. The van der Waals surface area contributed by atoms with E-state index in [0.29, 0.717) is 0 Å². The van der Waals surface area contributed by atoms with Crippen molar-refractivity contribution in [3.63, 3.8) is 0 Å². The van der Waals surface area contributed by atoms with Gasteiger partial charge in [-0.15, -0.1) is 0 Å². The van der Waals surface area contributed by atoms with E-state index in [1.165, 1.54) is 43.1 Å². The fraction of sp³-hybridized carbons (Fsp3) is 0.0714. The van der Waals surface area contributed by atoms with Crippen LogP contribution in [0.3, 0.4) is 0 Å². The lowest BCUT2D eigenvalue weighted by molar-refractivity contribution is 1.33. The van der Waals surface area contributed by atoms with E-state index in [-0.39, 0.29) is 0 Å². The molecule has 4 heteroatoms. The van der Waals surface area contributed by atoms with Gasteiger partial charge in [0.05, 0.1) is 22.1 Å². The highest BCUT2D eigenvalue weighted by atomic mass is 14.8. The van der Waals surface area contributed by atoms with Crippen LogP contribution in [0.4, 0.5) is 0 Å². The number of hydrogen-bond donors (Lipinski definition) is 2. The number of nitrogens with one attached hydrogen (secondary N) is 2. The van der Waals surface area contributed by atoms with Gasteiger partial charge in [0.1, 0.15) is 0 Å². The minimum absolute atomic E-state index is 1.04. The molecular weight excluding hydrogens is 392 g/mol. The molecule has 4 aromatic heterocycles. The minimum Gasteiger partial charge on any atom is -0.353 e. The molecule has 2 N–H and O–H groups in total. The summed E-state index contributed by atoms with van der Waals surface area (Å²) >= 11 is 0. The zero-order valence-corrected chi connectivity index (χ0v) is 17.7. The van der Waals surface area contributed by atoms with Gasteiger partial charge in [0.2, 0.25) is 0 Å². The number of benzene rings is 4. The first kappa shape index (κ1) is 16.5. The van der Waals surface area contributed by atoms with Gasteiger partial charge in [0, 0.05) is 34.2 Å². The molecule has 0 atom stereocenters. The van der Waals surface area contributed by atoms with Crippen molar-refractivity contribution in [3.05, 3.63) is 72.1 Å². The van der Waals surface area contributed by atoms with Crippen molar-refractivity contribution in [1.82, 2.24) is 19.9 Å². The molecule has 0 spiro atoms. The Morgan fingerprint density at radius 1 is 0.531 bits per heavy atom. The van der Waals surface area contributed by atoms with Crippen LogP contribution in [0.2, 0.25) is 0 Å². The normalized spacial score (nSPS) is 12.7. The van der Waals surface area contributed by atoms with Crippen LogP contribution in [0.15, 0.2) is 60.9 Å². The number of fused-ring (bicyclic) bond motifs is 8. The van der Waals surface area contributed by atoms with E-state index in [1.807, 2.05) is 12.4 Å². The van der Waals surface area contributed by atoms with Gasteiger partial charge in [-0.3, -0.25) is 9.97 Å². The van der Waals surface area contributed by atoms with Crippen LogP contribution >= 0.6 is 0 Å². The summed E-state index contributed by atoms with van der Waals surface area (Å²) in [6.07, 6.45) is 3.91. The van der Waals surface area contributed by atoms with E-state index in [1.54, 1.807) is 0 Å². The molecule has 0 aliphatic heterocycles. The highest BCUT2D eigenvalue weighted by Crippen LogP contribution is 2.43. The van der Waals surface area contributed by atoms with Crippen molar-refractivity contribution in [2.24, 2.45) is 0 Å². The van der Waals surface area contributed by atoms with Crippen LogP contribution in [0.25, 0.3) is 76.2 Å². The van der Waals surface area contributed by atoms with Gasteiger partial charge in [-0.05, 0) is 81.6 Å². The average molecular weight is 410 g/mol. The lowest BCUT2D eigenvalue weighted by atomic mass is 9.91. The van der Waals surface area contributed by atoms with E-state index in [9.17, 15) is 0 Å². The van der Waals surface area contributed by atoms with Gasteiger partial charge in [0.15, 0.2) is 0 Å². The zero-order valence-electron chi connectivity index (χ0n) is 17.7. The molecule has 4 heterocycles. The molecule has 8 aromatic rings. The van der Waals surface area contributed by atoms with Gasteiger partial charge in [-0.2, -0.15) is 0 Å². The average Bonchev–Trinajstić information content (AvgIpc) is 3.32. The van der Waals surface area contributed by atoms with Gasteiger partial charge >= 0.3 is 0 Å². The van der Waals surface area contributed by atoms with Gasteiger partial charge in [0.25, 0.3) is 0 Å². The third-order valence-corrected chi connectivity index (χ3v) is 6.96. The Labute approximate surface area is 182 Å². The van der Waals surface area contributed by atoms with Gasteiger partial charge in [-0.1, -0.05) is 24.3 Å². The first-order chi connectivity index (χ1) is 15.7. The molecule has 0 bridgehead atoms. The van der Waals surface area contributed by atoms with Crippen molar-refractivity contribution in [2.45, 2.75) is 13.8 Å². The Hall–Kier alpha value is -4.18. The van der Waals surface area contributed by atoms with Crippen molar-refractivity contribution in [3.8, 4) is 0 Å². The van der Waals surface area contributed by atoms with E-state index in [0.717, 1.165) is 44.2 Å². The van der Waals surface area contributed by atoms with Crippen LogP contribution in [-0.4, -0.2) is 19.9 Å². The van der Waals surface area contributed by atoms with Crippen molar-refractivity contribution < 1.29 is 0 Å². The summed E-state index contributed by atoms with van der Waals surface area (Å²) in [6.45, 7) is 4.17. The number of H-pyrrole nitrogens is 2. The predicted octanol–water partition coefficient (Wildman–Crippen LogP) is 7.26. The highest BCUT2D eigenvalue weighted by Gasteiger charge is 2.18. The molecule has 0 radical (unpaired) electrons. The van der Waals surface area contributed by atoms with Crippen LogP contribution in [0.5, 0.6) is 0 Å². The van der Waals surface area contributed by atoms with Gasteiger partial charge < -0.3 is 9.97 Å². The van der Waals surface area contributed by atoms with E-state index in [4.69, 9.17) is 9.97 Å². The Balaban J connectivity index is 1.65. The lowest BCUT2D eigenvalue weighted by Crippen LogP contribution is -1.86. The molecule has 8 rings (SSSR count). The number of aromatic nitrogens is 4. The number of aromatic amines is 2. The molecule has 0 aliphatic carbocycles. The van der Waals surface area contributed by atoms with Crippen molar-refractivity contribution in [1.29, 1.82) is 0 Å². The Morgan fingerprint density at radius 3 is 1.47 bits per heavy atom. The Kier molecular flexibility index (Phi) is 2.76. The summed E-state index contributed by atoms with van der Waals surface area (Å²) in [5, 5.41) is 10.0. The standard InChI is InChI=1S/C28H18N4/c1-13-7-21-27(29-11-13)25-17-5-3-16-10-20-26(28-22(32-20)8-14(2)12-30-28)18-6-4-15(9-19(25)31-21)23(17)24(16)18/h3-12,31-32H,1-2H3. The molecule has 0 fully saturated rings. The van der Waals surface area contributed by atoms with E-state index < -0.39 is 0 Å². The van der Waals surface area contributed by atoms with Crippen molar-refractivity contribution >= 4 is 76.2 Å². The molecule has 0 saturated heterocycles. The number of aryl methyl sites for hydroxylation is 2. The first-order valence-corrected chi connectivity index (χ1v) is 10.9. The second-order valence-electron chi connectivity index (χ2n) is 9.09. The quantitative estimate of drug-likeness (QED) is 0.258. The molecule has 0 saturated carbocycles. The topological polar surface area (TPSA) is 57.4 Å². The maximum Gasteiger partial charge on any atom is 0.0964 e. The lowest BCUT2D eigenvalue weighted by Gasteiger charge is -2.12. The summed E-state index contributed by atoms with van der Waals surface area (Å²) in [5.41, 5.74) is 8.86. The monoisotopic (exact) mass is 410 g/mol. The molecule has 0 unspecified atom stereocenters. The molecule has 32 heavy (non-hydrogen) atoms. The maximum absolute atomic E-state index is 4.80. The van der Waals surface area contributed by atoms with E-state index in [2.05, 4.69) is 72.3 Å². The van der Waals surface area contributed by atoms with Crippen LogP contribution in [0, 0.1) is 13.8 Å². The van der Waals surface area contributed by atoms with Gasteiger partial charge in [-0.25, -0.2) is 0 Å². The van der Waals surface area contributed by atoms with E-state index >= 15 is 0 Å². The highest BCUT2D eigenvalue weighted by molar-refractivity contribution is 6.36. The zero-order chi connectivity index (χ0) is 21.1. The summed E-state index contributed by atoms with van der Waals surface area (Å²) in [6, 6.07) is 17.9. The fourth-order valence-electron chi connectivity index (χ4n) is 5.68. The third kappa shape index (κ3) is 1.89. The summed E-state index contributed by atoms with van der Waals surface area (Å²) in [7, 11) is 0. The number of nitrogens with zero attached hydrogens (tertiary/aromatic N) is 2. The molecule has 0 amide bonds. The van der Waals surface area contributed by atoms with Crippen LogP contribution in [0.1, 0.15) is 11.1 Å². The molecule has 4 nitrogen and oxygen atoms in total. The van der Waals surface area contributed by atoms with Crippen LogP contribution in [-0.2, 0) is 0 Å². The number of rotatable bonds is 0. The smallest absolute Gasteiger partial charge is 0.0964 e. The Morgan fingerprint density at radius 2 is 1.00 bits per heavy atom. The SMILES string of the molecule is Cc1cnc2c(c1)[nH]c1cc3ccc4c5c(cc6ccc(c12)c3c64)[nH]c1cc(C)cnc15. The molecule has 150 valence electrons. The number of hydrogen-bond acceptors (Lipinski definition) is 2. The second kappa shape index (κ2) is 5.35. The minimum atomic E-state index is 1.04. The maximum atomic E-state index is 4.80. The van der Waals surface area contributed by atoms with Crippen molar-refractivity contribution in [2.75, 3.05) is 0 Å². The number of pyridine rings is 2. The first-order valence-electron chi connectivity index (χ1n) is 10.9. The molecular formula is C28H18N4. The Bertz CT molecular complexity index is 1910. The second-order valence-corrected chi connectivity index (χ2v) is 9.09. The fourth-order valence-corrected chi connectivity index (χ4v) is 5.68.